The first kappa shape index (κ1) is 9.46. The van der Waals surface area contributed by atoms with E-state index >= 15 is 0 Å². The van der Waals surface area contributed by atoms with Gasteiger partial charge in [0.05, 0.1) is 0 Å². The first-order valence-corrected chi connectivity index (χ1v) is 4.64. The second kappa shape index (κ2) is 3.24. The average Bonchev–Trinajstić information content (AvgIpc) is 2.61. The molecule has 0 unspecified atom stereocenters. The van der Waals surface area contributed by atoms with Crippen molar-refractivity contribution in [3.8, 4) is 6.07 Å². The van der Waals surface area contributed by atoms with Gasteiger partial charge in [0.1, 0.15) is 11.6 Å². The number of H-pyrrole nitrogens is 1. The third kappa shape index (κ3) is 1.31. The largest absolute Gasteiger partial charge is 0.295 e. The minimum atomic E-state index is -0.142. The van der Waals surface area contributed by atoms with Gasteiger partial charge < -0.3 is 0 Å². The Morgan fingerprint density at radius 2 is 2.33 bits per heavy atom. The van der Waals surface area contributed by atoms with Crippen LogP contribution in [0.25, 0.3) is 5.65 Å². The molecule has 0 spiro atoms. The van der Waals surface area contributed by atoms with E-state index in [-0.39, 0.29) is 11.5 Å². The van der Waals surface area contributed by atoms with Crippen LogP contribution in [-0.2, 0) is 0 Å². The molecule has 2 aromatic rings. The lowest BCUT2D eigenvalue weighted by atomic mass is 10.1. The van der Waals surface area contributed by atoms with Gasteiger partial charge in [0.25, 0.3) is 5.56 Å². The van der Waals surface area contributed by atoms with E-state index in [0.717, 1.165) is 0 Å². The molecule has 2 aromatic heterocycles. The smallest absolute Gasteiger partial charge is 0.276 e. The number of rotatable bonds is 1. The van der Waals surface area contributed by atoms with E-state index in [2.05, 4.69) is 10.1 Å². The van der Waals surface area contributed by atoms with Gasteiger partial charge >= 0.3 is 0 Å². The highest BCUT2D eigenvalue weighted by Crippen LogP contribution is 2.10. The summed E-state index contributed by atoms with van der Waals surface area (Å²) in [5, 5.41) is 11.5. The monoisotopic (exact) mass is 202 g/mol. The molecule has 0 fully saturated rings. The van der Waals surface area contributed by atoms with Gasteiger partial charge in [-0.25, -0.2) is 9.50 Å². The van der Waals surface area contributed by atoms with Crippen LogP contribution in [0.3, 0.4) is 0 Å². The van der Waals surface area contributed by atoms with E-state index in [1.54, 1.807) is 0 Å². The number of nitriles is 1. The molecule has 2 rings (SSSR count). The van der Waals surface area contributed by atoms with Crippen molar-refractivity contribution >= 4 is 5.65 Å². The van der Waals surface area contributed by atoms with Gasteiger partial charge in [0.15, 0.2) is 5.65 Å². The summed E-state index contributed by atoms with van der Waals surface area (Å²) in [7, 11) is 0. The highest BCUT2D eigenvalue weighted by atomic mass is 16.1. The van der Waals surface area contributed by atoms with E-state index < -0.39 is 0 Å². The lowest BCUT2D eigenvalue weighted by molar-refractivity contribution is 0.794. The van der Waals surface area contributed by atoms with Crippen molar-refractivity contribution in [2.75, 3.05) is 0 Å². The molecule has 76 valence electrons. The lowest BCUT2D eigenvalue weighted by Crippen LogP contribution is -2.20. The minimum absolute atomic E-state index is 0.121. The summed E-state index contributed by atoms with van der Waals surface area (Å²) in [6.45, 7) is 3.86. The standard InChI is InChI=1S/C10H10N4O/c1-6(2)8-5-12-9-7(3-11)4-13-14(9)10(8)15/h4-6,13H,1-2H3. The van der Waals surface area contributed by atoms with E-state index in [9.17, 15) is 4.79 Å². The van der Waals surface area contributed by atoms with Gasteiger partial charge in [-0.05, 0) is 5.92 Å². The normalized spacial score (nSPS) is 10.8. The first-order valence-electron chi connectivity index (χ1n) is 4.64. The van der Waals surface area contributed by atoms with Crippen molar-refractivity contribution in [1.82, 2.24) is 14.6 Å². The molecule has 15 heavy (non-hydrogen) atoms. The van der Waals surface area contributed by atoms with Gasteiger partial charge in [-0.1, -0.05) is 13.8 Å². The molecular weight excluding hydrogens is 192 g/mol. The number of aromatic nitrogens is 3. The molecule has 1 N–H and O–H groups in total. The van der Waals surface area contributed by atoms with Crippen molar-refractivity contribution in [2.24, 2.45) is 0 Å². The Hall–Kier alpha value is -2.09. The molecule has 5 nitrogen and oxygen atoms in total. The Bertz CT molecular complexity index is 600. The molecule has 0 aliphatic carbocycles. The molecule has 2 heterocycles. The topological polar surface area (TPSA) is 73.9 Å². The second-order valence-electron chi connectivity index (χ2n) is 3.63. The van der Waals surface area contributed by atoms with Crippen LogP contribution >= 0.6 is 0 Å². The zero-order valence-corrected chi connectivity index (χ0v) is 8.48. The van der Waals surface area contributed by atoms with Crippen LogP contribution in [0.4, 0.5) is 0 Å². The second-order valence-corrected chi connectivity index (χ2v) is 3.63. The number of fused-ring (bicyclic) bond motifs is 1. The summed E-state index contributed by atoms with van der Waals surface area (Å²) >= 11 is 0. The van der Waals surface area contributed by atoms with Crippen molar-refractivity contribution < 1.29 is 0 Å². The zero-order valence-electron chi connectivity index (χ0n) is 8.48. The third-order valence-electron chi connectivity index (χ3n) is 2.31. The maximum absolute atomic E-state index is 11.9. The Morgan fingerprint density at radius 3 is 2.93 bits per heavy atom. The number of nitrogens with one attached hydrogen (secondary N) is 1. The molecule has 0 bridgehead atoms. The Balaban J connectivity index is 2.83. The van der Waals surface area contributed by atoms with Crippen LogP contribution < -0.4 is 5.56 Å². The lowest BCUT2D eigenvalue weighted by Gasteiger charge is -2.03. The molecule has 0 aromatic carbocycles. The molecule has 0 aliphatic rings. The minimum Gasteiger partial charge on any atom is -0.295 e. The summed E-state index contributed by atoms with van der Waals surface area (Å²) in [6, 6.07) is 1.97. The van der Waals surface area contributed by atoms with Crippen molar-refractivity contribution in [1.29, 1.82) is 5.26 Å². The quantitative estimate of drug-likeness (QED) is 0.750. The summed E-state index contributed by atoms with van der Waals surface area (Å²) in [4.78, 5) is 16.0. The van der Waals surface area contributed by atoms with Crippen LogP contribution in [0.5, 0.6) is 0 Å². The highest BCUT2D eigenvalue weighted by Gasteiger charge is 2.11. The molecule has 0 saturated carbocycles. The summed E-state index contributed by atoms with van der Waals surface area (Å²) in [5.74, 6) is 0.121. The molecule has 5 heteroatoms. The maximum atomic E-state index is 11.9. The average molecular weight is 202 g/mol. The predicted molar refractivity (Wildman–Crippen MR) is 54.6 cm³/mol. The molecular formula is C10H10N4O. The van der Waals surface area contributed by atoms with Crippen molar-refractivity contribution in [2.45, 2.75) is 19.8 Å². The van der Waals surface area contributed by atoms with Crippen molar-refractivity contribution in [3.05, 3.63) is 33.9 Å². The summed E-state index contributed by atoms with van der Waals surface area (Å²) in [6.07, 6.45) is 3.02. The Kier molecular flexibility index (Phi) is 2.05. The first-order chi connectivity index (χ1) is 7.15. The summed E-state index contributed by atoms with van der Waals surface area (Å²) < 4.78 is 1.30. The zero-order chi connectivity index (χ0) is 11.0. The fourth-order valence-corrected chi connectivity index (χ4v) is 1.45. The van der Waals surface area contributed by atoms with Crippen molar-refractivity contribution in [3.63, 3.8) is 0 Å². The van der Waals surface area contributed by atoms with Crippen LogP contribution in [0.15, 0.2) is 17.2 Å². The van der Waals surface area contributed by atoms with Gasteiger partial charge in [-0.15, -0.1) is 0 Å². The number of aromatic amines is 1. The summed E-state index contributed by atoms with van der Waals surface area (Å²) in [5.41, 5.74) is 1.25. The Morgan fingerprint density at radius 1 is 1.60 bits per heavy atom. The van der Waals surface area contributed by atoms with Gasteiger partial charge in [-0.3, -0.25) is 9.89 Å². The SMILES string of the molecule is CC(C)c1cnc2c(C#N)c[nH]n2c1=O. The van der Waals surface area contributed by atoms with E-state index in [4.69, 9.17) is 5.26 Å². The molecule has 0 aliphatic heterocycles. The maximum Gasteiger partial charge on any atom is 0.276 e. The number of hydrogen-bond acceptors (Lipinski definition) is 3. The van der Waals surface area contributed by atoms with Gasteiger partial charge in [-0.2, -0.15) is 5.26 Å². The highest BCUT2D eigenvalue weighted by molar-refractivity contribution is 5.53. The number of hydrogen-bond donors (Lipinski definition) is 1. The van der Waals surface area contributed by atoms with E-state index in [1.807, 2.05) is 19.9 Å². The van der Waals surface area contributed by atoms with Gasteiger partial charge in [0.2, 0.25) is 0 Å². The van der Waals surface area contributed by atoms with E-state index in [1.165, 1.54) is 16.9 Å². The van der Waals surface area contributed by atoms with Crippen LogP contribution in [0, 0.1) is 11.3 Å². The fourth-order valence-electron chi connectivity index (χ4n) is 1.45. The van der Waals surface area contributed by atoms with Gasteiger partial charge in [0, 0.05) is 18.0 Å². The van der Waals surface area contributed by atoms with Crippen LogP contribution in [0.2, 0.25) is 0 Å². The fraction of sp³-hybridized carbons (Fsp3) is 0.300. The van der Waals surface area contributed by atoms with Crippen LogP contribution in [0.1, 0.15) is 30.9 Å². The molecule has 0 radical (unpaired) electrons. The third-order valence-corrected chi connectivity index (χ3v) is 2.31. The molecule has 0 atom stereocenters. The molecule has 0 saturated heterocycles. The Labute approximate surface area is 86.0 Å². The predicted octanol–water partition coefficient (Wildman–Crippen LogP) is 1.02. The van der Waals surface area contributed by atoms with Crippen LogP contribution in [-0.4, -0.2) is 14.6 Å². The molecule has 0 amide bonds. The van der Waals surface area contributed by atoms with E-state index in [0.29, 0.717) is 16.8 Å². The number of nitrogens with zero attached hydrogens (tertiary/aromatic N) is 3.